The fourth-order valence-electron chi connectivity index (χ4n) is 4.46. The molecule has 0 amide bonds. The molecule has 5 aromatic rings. The van der Waals surface area contributed by atoms with Gasteiger partial charge in [0.05, 0.1) is 11.5 Å². The molecular weight excluding hydrogens is 624 g/mol. The summed E-state index contributed by atoms with van der Waals surface area (Å²) in [6.07, 6.45) is 4.54. The maximum atomic E-state index is 9.85. The molecule has 0 saturated carbocycles. The fourth-order valence-corrected chi connectivity index (χ4v) is 5.32. The Bertz CT molecular complexity index is 1620. The normalized spacial score (nSPS) is 14.9. The average Bonchev–Trinajstić information content (AvgIpc) is 3.40. The van der Waals surface area contributed by atoms with Crippen LogP contribution in [0.25, 0.3) is 22.3 Å². The standard InChI is InChI=1S/C18H17BrN6.C6H4BrClN4/c1-24-15-14(23-17(24)19)16(22-12-21-15)25-9-7-18(11-20,8-10-25)13-5-3-2-4-6-13;1-12-5-3(11-6(12)7)4(8)9-2-10-5/h2-6,12H,7-10H2,1H3;2H,1H3. The number of rotatable bonds is 2. The number of aryl methyl sites for hydroxylation is 2. The van der Waals surface area contributed by atoms with Crippen LogP contribution in [0.5, 0.6) is 0 Å². The summed E-state index contributed by atoms with van der Waals surface area (Å²) in [5, 5.41) is 10.2. The van der Waals surface area contributed by atoms with Crippen molar-refractivity contribution in [1.82, 2.24) is 39.0 Å². The number of hydrogen-bond acceptors (Lipinski definition) is 8. The van der Waals surface area contributed by atoms with Crippen LogP contribution >= 0.6 is 43.5 Å². The number of halogens is 3. The van der Waals surface area contributed by atoms with Crippen molar-refractivity contribution in [3.05, 3.63) is 63.2 Å². The topological polar surface area (TPSA) is 114 Å². The largest absolute Gasteiger partial charge is 0.355 e. The number of piperidine rings is 1. The first kappa shape index (κ1) is 25.5. The molecule has 0 spiro atoms. The monoisotopic (exact) mass is 642 g/mol. The molecule has 6 rings (SSSR count). The van der Waals surface area contributed by atoms with Crippen LogP contribution in [0.3, 0.4) is 0 Å². The van der Waals surface area contributed by atoms with E-state index in [2.05, 4.69) is 84.9 Å². The van der Waals surface area contributed by atoms with E-state index < -0.39 is 5.41 Å². The molecule has 1 aromatic carbocycles. The van der Waals surface area contributed by atoms with Crippen LogP contribution < -0.4 is 4.90 Å². The van der Waals surface area contributed by atoms with Gasteiger partial charge < -0.3 is 14.0 Å². The highest BCUT2D eigenvalue weighted by atomic mass is 79.9. The van der Waals surface area contributed by atoms with Crippen molar-refractivity contribution in [2.24, 2.45) is 14.1 Å². The Kier molecular flexibility index (Phi) is 7.11. The van der Waals surface area contributed by atoms with Gasteiger partial charge in [-0.15, -0.1) is 0 Å². The van der Waals surface area contributed by atoms with Gasteiger partial charge in [-0.05, 0) is 50.3 Å². The molecule has 0 bridgehead atoms. The second-order valence-corrected chi connectivity index (χ2v) is 10.4. The first-order chi connectivity index (χ1) is 17.8. The third-order valence-corrected chi connectivity index (χ3v) is 8.29. The Morgan fingerprint density at radius 2 is 1.43 bits per heavy atom. The highest BCUT2D eigenvalue weighted by Gasteiger charge is 2.37. The summed E-state index contributed by atoms with van der Waals surface area (Å²) in [6.45, 7) is 1.53. The van der Waals surface area contributed by atoms with Crippen LogP contribution in [0.4, 0.5) is 5.82 Å². The second kappa shape index (κ2) is 10.3. The quantitative estimate of drug-likeness (QED) is 0.196. The zero-order valence-corrected chi connectivity index (χ0v) is 23.9. The highest BCUT2D eigenvalue weighted by Crippen LogP contribution is 2.37. The van der Waals surface area contributed by atoms with Gasteiger partial charge >= 0.3 is 0 Å². The lowest BCUT2D eigenvalue weighted by molar-refractivity contribution is 0.414. The van der Waals surface area contributed by atoms with Gasteiger partial charge in [0.1, 0.15) is 18.2 Å². The molecule has 0 atom stereocenters. The predicted molar refractivity (Wildman–Crippen MR) is 148 cm³/mol. The SMILES string of the molecule is Cn1c(Br)nc2c(Cl)ncnc21.Cn1c(Br)nc2c(N3CCC(C#N)(c4ccccc4)CC3)ncnc21. The van der Waals surface area contributed by atoms with Crippen LogP contribution in [0.1, 0.15) is 18.4 Å². The molecule has 13 heteroatoms. The van der Waals surface area contributed by atoms with E-state index >= 15 is 0 Å². The second-order valence-electron chi connectivity index (χ2n) is 8.63. The smallest absolute Gasteiger partial charge is 0.179 e. The van der Waals surface area contributed by atoms with Gasteiger partial charge in [0.2, 0.25) is 0 Å². The van der Waals surface area contributed by atoms with E-state index in [1.807, 2.05) is 36.9 Å². The van der Waals surface area contributed by atoms with Crippen molar-refractivity contribution >= 4 is 71.6 Å². The van der Waals surface area contributed by atoms with Crippen LogP contribution in [0, 0.1) is 11.3 Å². The number of nitriles is 1. The van der Waals surface area contributed by atoms with Crippen LogP contribution in [0.2, 0.25) is 5.15 Å². The Hall–Kier alpha value is -3.14. The lowest BCUT2D eigenvalue weighted by Gasteiger charge is -2.38. The Labute approximate surface area is 234 Å². The minimum atomic E-state index is -0.422. The van der Waals surface area contributed by atoms with Gasteiger partial charge in [-0.25, -0.2) is 29.9 Å². The first-order valence-electron chi connectivity index (χ1n) is 11.4. The molecule has 0 aliphatic carbocycles. The minimum Gasteiger partial charge on any atom is -0.355 e. The number of benzene rings is 1. The summed E-state index contributed by atoms with van der Waals surface area (Å²) in [7, 11) is 3.77. The van der Waals surface area contributed by atoms with Crippen molar-refractivity contribution < 1.29 is 0 Å². The molecule has 0 unspecified atom stereocenters. The zero-order valence-electron chi connectivity index (χ0n) is 20.0. The highest BCUT2D eigenvalue weighted by molar-refractivity contribution is 9.10. The molecule has 1 aliphatic heterocycles. The number of anilines is 1. The molecule has 0 radical (unpaired) electrons. The summed E-state index contributed by atoms with van der Waals surface area (Å²) in [4.78, 5) is 27.5. The number of fused-ring (bicyclic) bond motifs is 2. The lowest BCUT2D eigenvalue weighted by atomic mass is 9.74. The summed E-state index contributed by atoms with van der Waals surface area (Å²) in [6, 6.07) is 12.7. The van der Waals surface area contributed by atoms with Crippen LogP contribution in [-0.2, 0) is 19.5 Å². The van der Waals surface area contributed by atoms with Crippen molar-refractivity contribution in [2.45, 2.75) is 18.3 Å². The molecule has 4 aromatic heterocycles. The van der Waals surface area contributed by atoms with E-state index in [1.165, 1.54) is 6.33 Å². The fraction of sp³-hybridized carbons (Fsp3) is 0.292. The van der Waals surface area contributed by atoms with E-state index in [-0.39, 0.29) is 0 Å². The number of nitrogens with zero attached hydrogens (tertiary/aromatic N) is 10. The predicted octanol–water partition coefficient (Wildman–Crippen LogP) is 4.97. The molecule has 1 aliphatic rings. The van der Waals surface area contributed by atoms with E-state index in [4.69, 9.17) is 11.6 Å². The van der Waals surface area contributed by atoms with Gasteiger partial charge in [-0.1, -0.05) is 41.9 Å². The van der Waals surface area contributed by atoms with Crippen molar-refractivity contribution in [3.63, 3.8) is 0 Å². The molecule has 1 saturated heterocycles. The van der Waals surface area contributed by atoms with Gasteiger partial charge in [0.15, 0.2) is 37.2 Å². The van der Waals surface area contributed by atoms with Crippen LogP contribution in [-0.4, -0.2) is 52.1 Å². The molecule has 5 heterocycles. The summed E-state index contributed by atoms with van der Waals surface area (Å²) < 4.78 is 5.12. The van der Waals surface area contributed by atoms with Crippen molar-refractivity contribution in [2.75, 3.05) is 18.0 Å². The average molecular weight is 645 g/mol. The third-order valence-electron chi connectivity index (χ3n) is 6.60. The Balaban J connectivity index is 0.000000195. The van der Waals surface area contributed by atoms with Gasteiger partial charge in [-0.3, -0.25) is 0 Å². The molecule has 37 heavy (non-hydrogen) atoms. The van der Waals surface area contributed by atoms with E-state index in [0.29, 0.717) is 15.4 Å². The first-order valence-corrected chi connectivity index (χ1v) is 13.3. The maximum Gasteiger partial charge on any atom is 0.179 e. The Morgan fingerprint density at radius 1 is 0.865 bits per heavy atom. The number of imidazole rings is 2. The van der Waals surface area contributed by atoms with Gasteiger partial charge in [-0.2, -0.15) is 5.26 Å². The van der Waals surface area contributed by atoms with Crippen molar-refractivity contribution in [1.29, 1.82) is 5.26 Å². The summed E-state index contributed by atoms with van der Waals surface area (Å²) in [5.74, 6) is 0.839. The minimum absolute atomic E-state index is 0.376. The van der Waals surface area contributed by atoms with E-state index in [1.54, 1.807) is 10.9 Å². The molecule has 0 N–H and O–H groups in total. The van der Waals surface area contributed by atoms with Crippen molar-refractivity contribution in [3.8, 4) is 6.07 Å². The Morgan fingerprint density at radius 3 is 2.03 bits per heavy atom. The number of hydrogen-bond donors (Lipinski definition) is 0. The van der Waals surface area contributed by atoms with Gasteiger partial charge in [0.25, 0.3) is 0 Å². The number of aromatic nitrogens is 8. The van der Waals surface area contributed by atoms with Gasteiger partial charge in [0, 0.05) is 27.2 Å². The zero-order chi connectivity index (χ0) is 26.2. The molecular formula is C24H21Br2ClN10. The molecule has 188 valence electrons. The third kappa shape index (κ3) is 4.67. The molecule has 1 fully saturated rings. The van der Waals surface area contributed by atoms with Crippen LogP contribution in [0.15, 0.2) is 52.5 Å². The van der Waals surface area contributed by atoms with E-state index in [9.17, 15) is 5.26 Å². The maximum absolute atomic E-state index is 9.85. The summed E-state index contributed by atoms with van der Waals surface area (Å²) in [5.41, 5.74) is 3.62. The molecule has 10 nitrogen and oxygen atoms in total. The lowest BCUT2D eigenvalue weighted by Crippen LogP contribution is -2.42. The van der Waals surface area contributed by atoms with E-state index in [0.717, 1.165) is 58.9 Å². The summed E-state index contributed by atoms with van der Waals surface area (Å²) >= 11 is 12.5.